The van der Waals surface area contributed by atoms with Gasteiger partial charge in [-0.2, -0.15) is 4.09 Å². The van der Waals surface area contributed by atoms with Crippen LogP contribution >= 0.6 is 12.8 Å². The number of benzene rings is 1. The zero-order valence-electron chi connectivity index (χ0n) is 15.8. The lowest BCUT2D eigenvalue weighted by molar-refractivity contribution is -0.118. The normalized spacial score (nSPS) is 13.1. The summed E-state index contributed by atoms with van der Waals surface area (Å²) >= 11 is 4.08. The standard InChI is InChI=1S/C18H24N6O2S/c1-21(2)11-17(26)22(3)14-5-4-13-6-8-23(15(13)10-14)9-7-16(25)18-19-12-20-24(18)27/h4-5,10,12,27H,6-9,11H2,1-3H3. The summed E-state index contributed by atoms with van der Waals surface area (Å²) in [5.74, 6) is 0.193. The van der Waals surface area contributed by atoms with E-state index in [-0.39, 0.29) is 17.5 Å². The van der Waals surface area contributed by atoms with Gasteiger partial charge in [0.15, 0.2) is 0 Å². The summed E-state index contributed by atoms with van der Waals surface area (Å²) in [4.78, 5) is 34.3. The summed E-state index contributed by atoms with van der Waals surface area (Å²) in [5, 5.41) is 3.82. The number of anilines is 2. The third-order valence-electron chi connectivity index (χ3n) is 4.66. The fourth-order valence-electron chi connectivity index (χ4n) is 3.16. The zero-order valence-corrected chi connectivity index (χ0v) is 16.7. The SMILES string of the molecule is CN(C)CC(=O)N(C)c1ccc2c(c1)N(CCC(=O)c1ncnn1S)CC2. The fraction of sp³-hybridized carbons (Fsp3) is 0.444. The van der Waals surface area contributed by atoms with Crippen molar-refractivity contribution in [2.75, 3.05) is 50.6 Å². The fourth-order valence-corrected chi connectivity index (χ4v) is 3.37. The van der Waals surface area contributed by atoms with Gasteiger partial charge < -0.3 is 14.7 Å². The molecule has 144 valence electrons. The number of thiol groups is 1. The minimum atomic E-state index is -0.0922. The average Bonchev–Trinajstić information content (AvgIpc) is 3.24. The zero-order chi connectivity index (χ0) is 19.6. The second kappa shape index (κ2) is 8.10. The van der Waals surface area contributed by atoms with Crippen LogP contribution in [0.3, 0.4) is 0 Å². The molecule has 0 spiro atoms. The van der Waals surface area contributed by atoms with Crippen molar-refractivity contribution in [3.8, 4) is 0 Å². The number of amides is 1. The predicted octanol–water partition coefficient (Wildman–Crippen LogP) is 1.13. The molecule has 8 nitrogen and oxygen atoms in total. The molecule has 0 fully saturated rings. The van der Waals surface area contributed by atoms with E-state index in [0.717, 1.165) is 24.3 Å². The van der Waals surface area contributed by atoms with Gasteiger partial charge in [-0.15, -0.1) is 5.10 Å². The number of carbonyl (C=O) groups excluding carboxylic acids is 2. The van der Waals surface area contributed by atoms with Crippen LogP contribution in [-0.4, -0.2) is 71.5 Å². The van der Waals surface area contributed by atoms with E-state index in [1.54, 1.807) is 11.9 Å². The van der Waals surface area contributed by atoms with Crippen molar-refractivity contribution in [3.05, 3.63) is 35.9 Å². The molecule has 0 atom stereocenters. The molecular formula is C18H24N6O2S. The lowest BCUT2D eigenvalue weighted by atomic mass is 10.1. The Bertz CT molecular complexity index is 850. The summed E-state index contributed by atoms with van der Waals surface area (Å²) in [6.45, 7) is 1.80. The van der Waals surface area contributed by atoms with Crippen LogP contribution in [0.15, 0.2) is 24.5 Å². The van der Waals surface area contributed by atoms with E-state index in [1.807, 2.05) is 31.1 Å². The number of aromatic nitrogens is 3. The lowest BCUT2D eigenvalue weighted by Gasteiger charge is -2.23. The van der Waals surface area contributed by atoms with Crippen LogP contribution in [0.4, 0.5) is 11.4 Å². The average molecular weight is 388 g/mol. The molecule has 9 heteroatoms. The van der Waals surface area contributed by atoms with E-state index in [0.29, 0.717) is 19.5 Å². The summed E-state index contributed by atoms with van der Waals surface area (Å²) in [6, 6.07) is 6.07. The minimum absolute atomic E-state index is 0.0350. The number of Topliss-reactive ketones (excluding diaryl/α,β-unsaturated/α-hetero) is 1. The minimum Gasteiger partial charge on any atom is -0.370 e. The van der Waals surface area contributed by atoms with Crippen LogP contribution in [-0.2, 0) is 11.2 Å². The van der Waals surface area contributed by atoms with Crippen LogP contribution in [0, 0.1) is 0 Å². The highest BCUT2D eigenvalue weighted by Gasteiger charge is 2.23. The van der Waals surface area contributed by atoms with Crippen LogP contribution in [0.2, 0.25) is 0 Å². The van der Waals surface area contributed by atoms with Gasteiger partial charge in [0.05, 0.1) is 6.54 Å². The van der Waals surface area contributed by atoms with E-state index < -0.39 is 0 Å². The van der Waals surface area contributed by atoms with Crippen molar-refractivity contribution in [1.29, 1.82) is 0 Å². The van der Waals surface area contributed by atoms with Gasteiger partial charge in [0.25, 0.3) is 0 Å². The topological polar surface area (TPSA) is 74.6 Å². The van der Waals surface area contributed by atoms with Gasteiger partial charge in [0.1, 0.15) is 6.33 Å². The van der Waals surface area contributed by atoms with Crippen molar-refractivity contribution in [2.24, 2.45) is 0 Å². The van der Waals surface area contributed by atoms with Crippen molar-refractivity contribution < 1.29 is 9.59 Å². The first-order valence-corrected chi connectivity index (χ1v) is 9.18. The second-order valence-corrected chi connectivity index (χ2v) is 7.27. The number of carbonyl (C=O) groups is 2. The molecule has 1 aromatic heterocycles. The molecule has 1 aliphatic rings. The van der Waals surface area contributed by atoms with Crippen molar-refractivity contribution in [3.63, 3.8) is 0 Å². The van der Waals surface area contributed by atoms with E-state index in [1.165, 1.54) is 16.0 Å². The Labute approximate surface area is 164 Å². The summed E-state index contributed by atoms with van der Waals surface area (Å²) in [5.41, 5.74) is 3.17. The van der Waals surface area contributed by atoms with Crippen molar-refractivity contribution >= 4 is 35.9 Å². The quantitative estimate of drug-likeness (QED) is 0.566. The number of likely N-dealkylation sites (N-methyl/N-ethyl adjacent to an activating group) is 2. The molecule has 1 aliphatic heterocycles. The molecular weight excluding hydrogens is 364 g/mol. The Balaban J connectivity index is 1.69. The molecule has 0 N–H and O–H groups in total. The number of ketones is 1. The highest BCUT2D eigenvalue weighted by molar-refractivity contribution is 7.78. The maximum atomic E-state index is 12.3. The third-order valence-corrected chi connectivity index (χ3v) is 4.95. The van der Waals surface area contributed by atoms with Gasteiger partial charge in [0, 0.05) is 37.9 Å². The van der Waals surface area contributed by atoms with Gasteiger partial charge in [-0.3, -0.25) is 9.59 Å². The van der Waals surface area contributed by atoms with E-state index >= 15 is 0 Å². The third kappa shape index (κ3) is 4.30. The first-order chi connectivity index (χ1) is 12.9. The van der Waals surface area contributed by atoms with Crippen LogP contribution in [0.1, 0.15) is 22.6 Å². The molecule has 0 saturated heterocycles. The molecule has 0 bridgehead atoms. The molecule has 2 heterocycles. The lowest BCUT2D eigenvalue weighted by Crippen LogP contribution is -2.35. The molecule has 0 aliphatic carbocycles. The number of rotatable bonds is 7. The maximum absolute atomic E-state index is 12.3. The van der Waals surface area contributed by atoms with E-state index in [9.17, 15) is 9.59 Å². The van der Waals surface area contributed by atoms with Crippen LogP contribution < -0.4 is 9.80 Å². The number of fused-ring (bicyclic) bond motifs is 1. The van der Waals surface area contributed by atoms with Gasteiger partial charge in [0.2, 0.25) is 17.5 Å². The molecule has 0 saturated carbocycles. The summed E-state index contributed by atoms with van der Waals surface area (Å²) < 4.78 is 1.20. The molecule has 27 heavy (non-hydrogen) atoms. The summed E-state index contributed by atoms with van der Waals surface area (Å²) in [6.07, 6.45) is 2.58. The van der Waals surface area contributed by atoms with Crippen molar-refractivity contribution in [1.82, 2.24) is 19.1 Å². The number of hydrogen-bond acceptors (Lipinski definition) is 7. The van der Waals surface area contributed by atoms with Crippen LogP contribution in [0.5, 0.6) is 0 Å². The maximum Gasteiger partial charge on any atom is 0.240 e. The molecule has 3 rings (SSSR count). The van der Waals surface area contributed by atoms with Gasteiger partial charge in [-0.05, 0) is 51.0 Å². The Morgan fingerprint density at radius 3 is 2.70 bits per heavy atom. The molecule has 2 aromatic rings. The van der Waals surface area contributed by atoms with Gasteiger partial charge in [-0.1, -0.05) is 6.07 Å². The Kier molecular flexibility index (Phi) is 5.81. The largest absolute Gasteiger partial charge is 0.370 e. The second-order valence-electron chi connectivity index (χ2n) is 6.89. The highest BCUT2D eigenvalue weighted by atomic mass is 32.1. The first kappa shape index (κ1) is 19.4. The van der Waals surface area contributed by atoms with Crippen LogP contribution in [0.25, 0.3) is 0 Å². The molecule has 1 amide bonds. The molecule has 0 unspecified atom stereocenters. The first-order valence-electron chi connectivity index (χ1n) is 8.78. The highest BCUT2D eigenvalue weighted by Crippen LogP contribution is 2.32. The number of nitrogens with zero attached hydrogens (tertiary/aromatic N) is 6. The Morgan fingerprint density at radius 1 is 1.26 bits per heavy atom. The Morgan fingerprint density at radius 2 is 2.04 bits per heavy atom. The van der Waals surface area contributed by atoms with E-state index in [4.69, 9.17) is 0 Å². The number of hydrogen-bond donors (Lipinski definition) is 1. The molecule has 0 radical (unpaired) electrons. The van der Waals surface area contributed by atoms with Gasteiger partial charge >= 0.3 is 0 Å². The smallest absolute Gasteiger partial charge is 0.240 e. The van der Waals surface area contributed by atoms with E-state index in [2.05, 4.69) is 33.9 Å². The van der Waals surface area contributed by atoms with Gasteiger partial charge in [-0.25, -0.2) is 4.98 Å². The monoisotopic (exact) mass is 388 g/mol. The van der Waals surface area contributed by atoms with Crippen molar-refractivity contribution in [2.45, 2.75) is 12.8 Å². The predicted molar refractivity (Wildman–Crippen MR) is 108 cm³/mol. The Hall–Kier alpha value is -2.39. The summed E-state index contributed by atoms with van der Waals surface area (Å²) in [7, 11) is 5.54. The molecule has 1 aromatic carbocycles.